The SMILES string of the molecule is Cc1ccc(C)c(CC(O)c2ncccc2F)c1. The molecule has 0 fully saturated rings. The Kier molecular flexibility index (Phi) is 3.72. The number of pyridine rings is 1. The minimum atomic E-state index is -0.910. The standard InChI is InChI=1S/C15H16FNO/c1-10-5-6-11(2)12(8-10)9-14(18)15-13(16)4-3-7-17-15/h3-8,14,18H,9H2,1-2H3. The quantitative estimate of drug-likeness (QED) is 0.901. The number of aliphatic hydroxyl groups is 1. The lowest BCUT2D eigenvalue weighted by Gasteiger charge is -2.13. The average Bonchev–Trinajstić information content (AvgIpc) is 2.34. The minimum Gasteiger partial charge on any atom is -0.386 e. The van der Waals surface area contributed by atoms with Crippen LogP contribution in [0, 0.1) is 19.7 Å². The van der Waals surface area contributed by atoms with E-state index >= 15 is 0 Å². The van der Waals surface area contributed by atoms with Crippen molar-refractivity contribution in [1.29, 1.82) is 0 Å². The maximum Gasteiger partial charge on any atom is 0.147 e. The maximum atomic E-state index is 13.5. The van der Waals surface area contributed by atoms with Gasteiger partial charge < -0.3 is 5.11 Å². The molecule has 0 saturated carbocycles. The molecule has 0 aliphatic rings. The largest absolute Gasteiger partial charge is 0.386 e. The van der Waals surface area contributed by atoms with Crippen molar-refractivity contribution in [3.63, 3.8) is 0 Å². The molecule has 94 valence electrons. The third-order valence-electron chi connectivity index (χ3n) is 3.02. The number of hydrogen-bond donors (Lipinski definition) is 1. The van der Waals surface area contributed by atoms with Crippen LogP contribution in [0.3, 0.4) is 0 Å². The van der Waals surface area contributed by atoms with Crippen LogP contribution < -0.4 is 0 Å². The molecule has 0 bridgehead atoms. The first-order chi connectivity index (χ1) is 8.58. The highest BCUT2D eigenvalue weighted by atomic mass is 19.1. The van der Waals surface area contributed by atoms with E-state index in [0.29, 0.717) is 6.42 Å². The Morgan fingerprint density at radius 1 is 1.28 bits per heavy atom. The van der Waals surface area contributed by atoms with Crippen molar-refractivity contribution in [1.82, 2.24) is 4.98 Å². The van der Waals surface area contributed by atoms with Gasteiger partial charge in [-0.1, -0.05) is 23.8 Å². The first-order valence-electron chi connectivity index (χ1n) is 5.92. The number of aryl methyl sites for hydroxylation is 2. The van der Waals surface area contributed by atoms with Gasteiger partial charge >= 0.3 is 0 Å². The van der Waals surface area contributed by atoms with Crippen molar-refractivity contribution in [3.8, 4) is 0 Å². The zero-order valence-electron chi connectivity index (χ0n) is 10.5. The molecule has 1 heterocycles. The lowest BCUT2D eigenvalue weighted by atomic mass is 9.98. The molecular weight excluding hydrogens is 229 g/mol. The molecule has 3 heteroatoms. The van der Waals surface area contributed by atoms with Crippen LogP contribution in [-0.2, 0) is 6.42 Å². The molecule has 1 N–H and O–H groups in total. The summed E-state index contributed by atoms with van der Waals surface area (Å²) in [4.78, 5) is 3.90. The van der Waals surface area contributed by atoms with E-state index in [1.807, 2.05) is 32.0 Å². The maximum absolute atomic E-state index is 13.5. The minimum absolute atomic E-state index is 0.110. The summed E-state index contributed by atoms with van der Waals surface area (Å²) < 4.78 is 13.5. The summed E-state index contributed by atoms with van der Waals surface area (Å²) in [6.07, 6.45) is 0.957. The molecule has 1 atom stereocenters. The molecular formula is C15H16FNO. The zero-order valence-corrected chi connectivity index (χ0v) is 10.5. The summed E-state index contributed by atoms with van der Waals surface area (Å²) in [7, 11) is 0. The van der Waals surface area contributed by atoms with Crippen molar-refractivity contribution < 1.29 is 9.50 Å². The number of halogens is 1. The Labute approximate surface area is 106 Å². The fraction of sp³-hybridized carbons (Fsp3) is 0.267. The molecule has 2 aromatic rings. The number of hydrogen-bond acceptors (Lipinski definition) is 2. The number of aromatic nitrogens is 1. The second-order valence-corrected chi connectivity index (χ2v) is 4.52. The van der Waals surface area contributed by atoms with Crippen LogP contribution in [0.1, 0.15) is 28.5 Å². The van der Waals surface area contributed by atoms with Gasteiger partial charge in [0.2, 0.25) is 0 Å². The van der Waals surface area contributed by atoms with E-state index < -0.39 is 11.9 Å². The Bertz CT molecular complexity index is 554. The molecule has 0 spiro atoms. The van der Waals surface area contributed by atoms with Gasteiger partial charge in [-0.2, -0.15) is 0 Å². The van der Waals surface area contributed by atoms with Crippen molar-refractivity contribution in [2.45, 2.75) is 26.4 Å². The Hall–Kier alpha value is -1.74. The summed E-state index contributed by atoms with van der Waals surface area (Å²) in [6, 6.07) is 8.87. The van der Waals surface area contributed by atoms with Crippen molar-refractivity contribution in [2.75, 3.05) is 0 Å². The van der Waals surface area contributed by atoms with Crippen LogP contribution in [-0.4, -0.2) is 10.1 Å². The number of benzene rings is 1. The van der Waals surface area contributed by atoms with Gasteiger partial charge in [-0.15, -0.1) is 0 Å². The first kappa shape index (κ1) is 12.7. The number of aliphatic hydroxyl groups excluding tert-OH is 1. The van der Waals surface area contributed by atoms with Crippen LogP contribution in [0.25, 0.3) is 0 Å². The summed E-state index contributed by atoms with van der Waals surface area (Å²) in [5.41, 5.74) is 3.35. The monoisotopic (exact) mass is 245 g/mol. The molecule has 2 nitrogen and oxygen atoms in total. The molecule has 1 aromatic heterocycles. The smallest absolute Gasteiger partial charge is 0.147 e. The Morgan fingerprint density at radius 2 is 2.06 bits per heavy atom. The van der Waals surface area contributed by atoms with E-state index in [2.05, 4.69) is 4.98 Å². The molecule has 18 heavy (non-hydrogen) atoms. The molecule has 2 rings (SSSR count). The lowest BCUT2D eigenvalue weighted by Crippen LogP contribution is -2.07. The first-order valence-corrected chi connectivity index (χ1v) is 5.92. The summed E-state index contributed by atoms with van der Waals surface area (Å²) in [5.74, 6) is -0.463. The molecule has 0 radical (unpaired) electrons. The normalized spacial score (nSPS) is 12.4. The highest BCUT2D eigenvalue weighted by Crippen LogP contribution is 2.21. The summed E-state index contributed by atoms with van der Waals surface area (Å²) >= 11 is 0. The topological polar surface area (TPSA) is 33.1 Å². The molecule has 1 aromatic carbocycles. The molecule has 0 aliphatic carbocycles. The van der Waals surface area contributed by atoms with Gasteiger partial charge in [0.1, 0.15) is 17.6 Å². The molecule has 1 unspecified atom stereocenters. The highest BCUT2D eigenvalue weighted by molar-refractivity contribution is 5.31. The van der Waals surface area contributed by atoms with E-state index in [4.69, 9.17) is 0 Å². The Balaban J connectivity index is 2.24. The van der Waals surface area contributed by atoms with E-state index in [9.17, 15) is 9.50 Å². The predicted octanol–water partition coefficient (Wildman–Crippen LogP) is 3.11. The van der Waals surface area contributed by atoms with Gasteiger partial charge in [0.25, 0.3) is 0 Å². The van der Waals surface area contributed by atoms with Crippen LogP contribution >= 0.6 is 0 Å². The third kappa shape index (κ3) is 2.74. The Morgan fingerprint density at radius 3 is 2.78 bits per heavy atom. The van der Waals surface area contributed by atoms with Crippen molar-refractivity contribution in [3.05, 3.63) is 64.7 Å². The highest BCUT2D eigenvalue weighted by Gasteiger charge is 2.15. The fourth-order valence-corrected chi connectivity index (χ4v) is 1.97. The van der Waals surface area contributed by atoms with Gasteiger partial charge in [0.15, 0.2) is 0 Å². The van der Waals surface area contributed by atoms with Crippen LogP contribution in [0.5, 0.6) is 0 Å². The van der Waals surface area contributed by atoms with Crippen molar-refractivity contribution in [2.24, 2.45) is 0 Å². The van der Waals surface area contributed by atoms with Crippen LogP contribution in [0.2, 0.25) is 0 Å². The summed E-state index contributed by atoms with van der Waals surface area (Å²) in [6.45, 7) is 3.98. The second-order valence-electron chi connectivity index (χ2n) is 4.52. The van der Waals surface area contributed by atoms with Gasteiger partial charge in [0.05, 0.1) is 0 Å². The van der Waals surface area contributed by atoms with E-state index in [0.717, 1.165) is 16.7 Å². The number of nitrogens with zero attached hydrogens (tertiary/aromatic N) is 1. The lowest BCUT2D eigenvalue weighted by molar-refractivity contribution is 0.168. The average molecular weight is 245 g/mol. The van der Waals surface area contributed by atoms with Crippen molar-refractivity contribution >= 4 is 0 Å². The molecule has 0 aliphatic heterocycles. The van der Waals surface area contributed by atoms with E-state index in [-0.39, 0.29) is 5.69 Å². The van der Waals surface area contributed by atoms with Gasteiger partial charge in [-0.25, -0.2) is 4.39 Å². The van der Waals surface area contributed by atoms with Crippen LogP contribution in [0.15, 0.2) is 36.5 Å². The van der Waals surface area contributed by atoms with E-state index in [1.165, 1.54) is 18.3 Å². The predicted molar refractivity (Wildman–Crippen MR) is 68.8 cm³/mol. The van der Waals surface area contributed by atoms with E-state index in [1.54, 1.807) is 0 Å². The zero-order chi connectivity index (χ0) is 13.1. The third-order valence-corrected chi connectivity index (χ3v) is 3.02. The van der Waals surface area contributed by atoms with Gasteiger partial charge in [-0.05, 0) is 37.1 Å². The molecule has 0 saturated heterocycles. The molecule has 0 amide bonds. The van der Waals surface area contributed by atoms with Crippen LogP contribution in [0.4, 0.5) is 4.39 Å². The fourth-order valence-electron chi connectivity index (χ4n) is 1.97. The number of rotatable bonds is 3. The second kappa shape index (κ2) is 5.27. The van der Waals surface area contributed by atoms with Gasteiger partial charge in [-0.3, -0.25) is 4.98 Å². The van der Waals surface area contributed by atoms with Gasteiger partial charge in [0, 0.05) is 12.6 Å². The summed E-state index contributed by atoms with van der Waals surface area (Å²) in [5, 5.41) is 10.1.